The number of aliphatic hydroxyl groups excluding tert-OH is 1. The number of aromatic nitrogens is 1. The zero-order valence-corrected chi connectivity index (χ0v) is 6.70. The molecule has 0 saturated carbocycles. The Labute approximate surface area is 66.4 Å². The van der Waals surface area contributed by atoms with Gasteiger partial charge in [-0.15, -0.1) is 0 Å². The molecule has 11 heavy (non-hydrogen) atoms. The molecule has 0 aromatic carbocycles. The molecule has 0 amide bonds. The van der Waals surface area contributed by atoms with E-state index in [-0.39, 0.29) is 12.5 Å². The van der Waals surface area contributed by atoms with E-state index in [0.717, 1.165) is 5.69 Å². The second kappa shape index (κ2) is 3.55. The molecule has 0 fully saturated rings. The molecule has 0 aliphatic carbocycles. The normalized spacial score (nSPS) is 13.4. The lowest BCUT2D eigenvalue weighted by molar-refractivity contribution is 0.264. The predicted octanol–water partition coefficient (Wildman–Crippen LogP) is 0.0597. The third-order valence-electron chi connectivity index (χ3n) is 1.91. The topological polar surface area (TPSA) is 51.2 Å². The van der Waals surface area contributed by atoms with Gasteiger partial charge in [-0.3, -0.25) is 0 Å². The largest absolute Gasteiger partial charge is 0.396 e. The Kier molecular flexibility index (Phi) is 2.68. The number of hydrogen-bond acceptors (Lipinski definition) is 2. The molecule has 1 atom stereocenters. The summed E-state index contributed by atoms with van der Waals surface area (Å²) in [6.45, 7) is 0.614. The van der Waals surface area contributed by atoms with Crippen LogP contribution in [-0.4, -0.2) is 22.8 Å². The van der Waals surface area contributed by atoms with Crippen molar-refractivity contribution in [3.05, 3.63) is 24.0 Å². The molecule has 0 radical (unpaired) electrons. The first-order chi connectivity index (χ1) is 5.29. The number of aliphatic hydroxyl groups is 1. The van der Waals surface area contributed by atoms with Crippen LogP contribution in [0.25, 0.3) is 0 Å². The maximum absolute atomic E-state index is 8.93. The van der Waals surface area contributed by atoms with Crippen LogP contribution in [0.4, 0.5) is 0 Å². The summed E-state index contributed by atoms with van der Waals surface area (Å²) < 4.78 is 1.98. The highest BCUT2D eigenvalue weighted by Crippen LogP contribution is 2.12. The van der Waals surface area contributed by atoms with Crippen LogP contribution < -0.4 is 5.73 Å². The van der Waals surface area contributed by atoms with E-state index in [1.54, 1.807) is 0 Å². The molecule has 0 spiro atoms. The van der Waals surface area contributed by atoms with E-state index in [2.05, 4.69) is 0 Å². The van der Waals surface area contributed by atoms with Crippen LogP contribution in [0.5, 0.6) is 0 Å². The monoisotopic (exact) mass is 154 g/mol. The van der Waals surface area contributed by atoms with Crippen LogP contribution in [0.1, 0.15) is 11.6 Å². The number of rotatable bonds is 3. The van der Waals surface area contributed by atoms with E-state index in [9.17, 15) is 0 Å². The van der Waals surface area contributed by atoms with Gasteiger partial charge in [-0.05, 0) is 12.1 Å². The van der Waals surface area contributed by atoms with Crippen molar-refractivity contribution in [2.75, 3.05) is 13.2 Å². The van der Waals surface area contributed by atoms with Crippen LogP contribution in [0, 0.1) is 0 Å². The van der Waals surface area contributed by atoms with Gasteiger partial charge >= 0.3 is 0 Å². The lowest BCUT2D eigenvalue weighted by Gasteiger charge is -2.12. The summed E-state index contributed by atoms with van der Waals surface area (Å²) in [4.78, 5) is 0. The molecular weight excluding hydrogens is 140 g/mol. The van der Waals surface area contributed by atoms with Crippen molar-refractivity contribution in [2.24, 2.45) is 12.8 Å². The van der Waals surface area contributed by atoms with Crippen LogP contribution in [0.2, 0.25) is 0 Å². The standard InChI is InChI=1S/C8H14N2O/c1-10-4-2-3-8(10)7(5-9)6-11/h2-4,7,11H,5-6,9H2,1H3. The second-order valence-electron chi connectivity index (χ2n) is 2.66. The second-order valence-corrected chi connectivity index (χ2v) is 2.66. The van der Waals surface area contributed by atoms with Crippen molar-refractivity contribution in [3.63, 3.8) is 0 Å². The minimum atomic E-state index is 0.0787. The van der Waals surface area contributed by atoms with Gasteiger partial charge in [-0.1, -0.05) is 0 Å². The fraction of sp³-hybridized carbons (Fsp3) is 0.500. The Morgan fingerprint density at radius 2 is 2.45 bits per heavy atom. The Bertz CT molecular complexity index is 216. The highest BCUT2D eigenvalue weighted by Gasteiger charge is 2.09. The molecule has 3 nitrogen and oxygen atoms in total. The summed E-state index contributed by atoms with van der Waals surface area (Å²) in [6, 6.07) is 3.93. The average molecular weight is 154 g/mol. The van der Waals surface area contributed by atoms with Gasteiger partial charge < -0.3 is 15.4 Å². The van der Waals surface area contributed by atoms with Crippen LogP contribution in [0.15, 0.2) is 18.3 Å². The van der Waals surface area contributed by atoms with Crippen molar-refractivity contribution >= 4 is 0 Å². The van der Waals surface area contributed by atoms with Crippen molar-refractivity contribution in [2.45, 2.75) is 5.92 Å². The van der Waals surface area contributed by atoms with Gasteiger partial charge in [0.15, 0.2) is 0 Å². The van der Waals surface area contributed by atoms with E-state index in [4.69, 9.17) is 10.8 Å². The Balaban J connectivity index is 2.81. The molecule has 0 aliphatic rings. The molecule has 62 valence electrons. The summed E-state index contributed by atoms with van der Waals surface area (Å²) in [7, 11) is 1.95. The Morgan fingerprint density at radius 1 is 1.73 bits per heavy atom. The van der Waals surface area contributed by atoms with E-state index >= 15 is 0 Å². The molecule has 1 unspecified atom stereocenters. The summed E-state index contributed by atoms with van der Waals surface area (Å²) >= 11 is 0. The zero-order valence-electron chi connectivity index (χ0n) is 6.70. The number of aryl methyl sites for hydroxylation is 1. The van der Waals surface area contributed by atoms with E-state index in [1.807, 2.05) is 29.9 Å². The summed E-state index contributed by atoms with van der Waals surface area (Å²) in [5.41, 5.74) is 6.56. The maximum atomic E-state index is 8.93. The average Bonchev–Trinajstić information content (AvgIpc) is 2.40. The maximum Gasteiger partial charge on any atom is 0.0526 e. The highest BCUT2D eigenvalue weighted by molar-refractivity contribution is 5.12. The van der Waals surface area contributed by atoms with Gasteiger partial charge in [0.25, 0.3) is 0 Å². The molecule has 3 N–H and O–H groups in total. The van der Waals surface area contributed by atoms with E-state index in [0.29, 0.717) is 6.54 Å². The molecule has 1 heterocycles. The molecule has 0 bridgehead atoms. The first-order valence-corrected chi connectivity index (χ1v) is 3.71. The number of hydrogen-bond donors (Lipinski definition) is 2. The van der Waals surface area contributed by atoms with Gasteiger partial charge in [0.1, 0.15) is 0 Å². The lowest BCUT2D eigenvalue weighted by atomic mass is 10.1. The molecule has 0 saturated heterocycles. The van der Waals surface area contributed by atoms with Crippen LogP contribution >= 0.6 is 0 Å². The molecule has 1 aromatic heterocycles. The first kappa shape index (κ1) is 8.30. The van der Waals surface area contributed by atoms with Gasteiger partial charge in [-0.25, -0.2) is 0 Å². The fourth-order valence-electron chi connectivity index (χ4n) is 1.19. The molecule has 1 aromatic rings. The molecule has 3 heteroatoms. The zero-order chi connectivity index (χ0) is 8.27. The van der Waals surface area contributed by atoms with Crippen molar-refractivity contribution in [3.8, 4) is 0 Å². The minimum Gasteiger partial charge on any atom is -0.396 e. The van der Waals surface area contributed by atoms with Crippen LogP contribution in [-0.2, 0) is 7.05 Å². The summed E-state index contributed by atoms with van der Waals surface area (Å²) in [5, 5.41) is 8.93. The molecule has 0 aliphatic heterocycles. The smallest absolute Gasteiger partial charge is 0.0526 e. The van der Waals surface area contributed by atoms with Crippen LogP contribution in [0.3, 0.4) is 0 Å². The van der Waals surface area contributed by atoms with Crippen molar-refractivity contribution in [1.82, 2.24) is 4.57 Å². The summed E-state index contributed by atoms with van der Waals surface area (Å²) in [5.74, 6) is 0.0787. The van der Waals surface area contributed by atoms with Crippen molar-refractivity contribution < 1.29 is 5.11 Å². The summed E-state index contributed by atoms with van der Waals surface area (Å²) in [6.07, 6.45) is 1.95. The van der Waals surface area contributed by atoms with E-state index < -0.39 is 0 Å². The van der Waals surface area contributed by atoms with Gasteiger partial charge in [0.05, 0.1) is 6.61 Å². The third kappa shape index (κ3) is 1.61. The Hall–Kier alpha value is -0.800. The van der Waals surface area contributed by atoms with Gasteiger partial charge in [-0.2, -0.15) is 0 Å². The van der Waals surface area contributed by atoms with E-state index in [1.165, 1.54) is 0 Å². The molecule has 1 rings (SSSR count). The van der Waals surface area contributed by atoms with Crippen molar-refractivity contribution in [1.29, 1.82) is 0 Å². The number of nitrogens with zero attached hydrogens (tertiary/aromatic N) is 1. The quantitative estimate of drug-likeness (QED) is 0.646. The third-order valence-corrected chi connectivity index (χ3v) is 1.91. The SMILES string of the molecule is Cn1cccc1C(CN)CO. The first-order valence-electron chi connectivity index (χ1n) is 3.71. The highest BCUT2D eigenvalue weighted by atomic mass is 16.3. The lowest BCUT2D eigenvalue weighted by Crippen LogP contribution is -2.18. The number of nitrogens with two attached hydrogens (primary N) is 1. The predicted molar refractivity (Wildman–Crippen MR) is 44.3 cm³/mol. The van der Waals surface area contributed by atoms with Gasteiger partial charge in [0, 0.05) is 31.4 Å². The van der Waals surface area contributed by atoms with Gasteiger partial charge in [0.2, 0.25) is 0 Å². The molecular formula is C8H14N2O. The minimum absolute atomic E-state index is 0.0787. The fourth-order valence-corrected chi connectivity index (χ4v) is 1.19. The Morgan fingerprint density at radius 3 is 2.82 bits per heavy atom.